The van der Waals surface area contributed by atoms with Gasteiger partial charge in [0.05, 0.1) is 0 Å². The zero-order valence-electron chi connectivity index (χ0n) is 14.3. The molecule has 26 heavy (non-hydrogen) atoms. The molecule has 3 rings (SSSR count). The third-order valence-corrected chi connectivity index (χ3v) is 4.50. The Kier molecular flexibility index (Phi) is 5.49. The molecule has 6 nitrogen and oxygen atoms in total. The maximum Gasteiger partial charge on any atom is 0.246 e. The molecule has 1 aromatic carbocycles. The van der Waals surface area contributed by atoms with Crippen LogP contribution in [0.15, 0.2) is 42.7 Å². The molecule has 1 atom stereocenters. The first-order valence-corrected chi connectivity index (χ1v) is 8.66. The number of nitriles is 1. The maximum absolute atomic E-state index is 12.5. The number of benzene rings is 1. The van der Waals surface area contributed by atoms with Gasteiger partial charge in [0.1, 0.15) is 6.07 Å². The normalized spacial score (nSPS) is 17.3. The van der Waals surface area contributed by atoms with Crippen LogP contribution in [0.3, 0.4) is 0 Å². The number of rotatable bonds is 3. The molecule has 2 aromatic rings. The second kappa shape index (κ2) is 7.98. The van der Waals surface area contributed by atoms with Crippen molar-refractivity contribution < 1.29 is 4.79 Å². The van der Waals surface area contributed by atoms with Crippen LogP contribution in [0.4, 0.5) is 5.82 Å². The second-order valence-corrected chi connectivity index (χ2v) is 6.49. The first kappa shape index (κ1) is 17.9. The molecule has 1 aliphatic rings. The minimum Gasteiger partial charge on any atom is -0.350 e. The third kappa shape index (κ3) is 4.01. The number of piperazine rings is 1. The van der Waals surface area contributed by atoms with E-state index >= 15 is 0 Å². The number of hydrogen-bond donors (Lipinski definition) is 0. The van der Waals surface area contributed by atoms with Crippen LogP contribution >= 0.6 is 11.6 Å². The summed E-state index contributed by atoms with van der Waals surface area (Å²) < 4.78 is 0. The molecule has 1 fully saturated rings. The lowest BCUT2D eigenvalue weighted by molar-refractivity contribution is -0.128. The number of amides is 1. The Morgan fingerprint density at radius 3 is 2.88 bits per heavy atom. The van der Waals surface area contributed by atoms with E-state index < -0.39 is 0 Å². The summed E-state index contributed by atoms with van der Waals surface area (Å²) in [7, 11) is 0. The van der Waals surface area contributed by atoms with E-state index in [1.165, 1.54) is 6.20 Å². The largest absolute Gasteiger partial charge is 0.350 e. The molecule has 0 N–H and O–H groups in total. The second-order valence-electron chi connectivity index (χ2n) is 6.06. The minimum absolute atomic E-state index is 0.00573. The van der Waals surface area contributed by atoms with E-state index in [0.717, 1.165) is 5.56 Å². The van der Waals surface area contributed by atoms with Crippen molar-refractivity contribution in [3.8, 4) is 6.07 Å². The number of hydrogen-bond acceptors (Lipinski definition) is 5. The lowest BCUT2D eigenvalue weighted by Crippen LogP contribution is -2.54. The summed E-state index contributed by atoms with van der Waals surface area (Å²) in [5.74, 6) is 0.528. The van der Waals surface area contributed by atoms with Crippen LogP contribution in [0.25, 0.3) is 6.08 Å². The highest BCUT2D eigenvalue weighted by Crippen LogP contribution is 2.20. The summed E-state index contributed by atoms with van der Waals surface area (Å²) in [4.78, 5) is 24.7. The van der Waals surface area contributed by atoms with Gasteiger partial charge in [-0.2, -0.15) is 5.26 Å². The van der Waals surface area contributed by atoms with E-state index in [4.69, 9.17) is 11.6 Å². The molecular weight excluding hydrogens is 350 g/mol. The number of carbonyl (C=O) groups excluding carboxylic acids is 1. The summed E-state index contributed by atoms with van der Waals surface area (Å²) in [6.07, 6.45) is 6.42. The summed E-state index contributed by atoms with van der Waals surface area (Å²) in [5, 5.41) is 9.83. The van der Waals surface area contributed by atoms with Crippen LogP contribution in [-0.2, 0) is 4.79 Å². The van der Waals surface area contributed by atoms with Gasteiger partial charge in [0.2, 0.25) is 5.91 Å². The molecule has 1 aliphatic heterocycles. The van der Waals surface area contributed by atoms with Crippen molar-refractivity contribution in [3.63, 3.8) is 0 Å². The molecule has 0 spiro atoms. The van der Waals surface area contributed by atoms with Crippen LogP contribution in [0.2, 0.25) is 5.02 Å². The fourth-order valence-corrected chi connectivity index (χ4v) is 3.19. The van der Waals surface area contributed by atoms with E-state index in [1.54, 1.807) is 24.4 Å². The average Bonchev–Trinajstić information content (AvgIpc) is 2.66. The topological polar surface area (TPSA) is 73.1 Å². The lowest BCUT2D eigenvalue weighted by Gasteiger charge is -2.40. The Hall–Kier alpha value is -2.91. The first-order valence-electron chi connectivity index (χ1n) is 8.29. The summed E-state index contributed by atoms with van der Waals surface area (Å²) >= 11 is 5.96. The van der Waals surface area contributed by atoms with Gasteiger partial charge in [-0.15, -0.1) is 0 Å². The smallest absolute Gasteiger partial charge is 0.246 e. The highest BCUT2D eigenvalue weighted by molar-refractivity contribution is 6.30. The zero-order valence-corrected chi connectivity index (χ0v) is 15.1. The maximum atomic E-state index is 12.5. The number of carbonyl (C=O) groups is 1. The van der Waals surface area contributed by atoms with Crippen molar-refractivity contribution in [2.24, 2.45) is 0 Å². The molecule has 2 heterocycles. The van der Waals surface area contributed by atoms with Gasteiger partial charge in [-0.05, 0) is 30.7 Å². The number of halogens is 1. The monoisotopic (exact) mass is 367 g/mol. The van der Waals surface area contributed by atoms with Crippen LogP contribution in [-0.4, -0.2) is 46.5 Å². The van der Waals surface area contributed by atoms with Crippen molar-refractivity contribution in [1.29, 1.82) is 5.26 Å². The molecule has 7 heteroatoms. The van der Waals surface area contributed by atoms with E-state index in [-0.39, 0.29) is 11.9 Å². The van der Waals surface area contributed by atoms with E-state index in [9.17, 15) is 10.1 Å². The van der Waals surface area contributed by atoms with Crippen molar-refractivity contribution in [1.82, 2.24) is 14.9 Å². The van der Waals surface area contributed by atoms with Gasteiger partial charge >= 0.3 is 0 Å². The van der Waals surface area contributed by atoms with Crippen molar-refractivity contribution in [2.45, 2.75) is 13.0 Å². The SMILES string of the molecule is C[C@@H]1CN(c2nccnc2C#N)CCN1C(=O)/C=C/c1cccc(Cl)c1. The number of nitrogens with zero attached hydrogens (tertiary/aromatic N) is 5. The first-order chi connectivity index (χ1) is 12.6. The third-order valence-electron chi connectivity index (χ3n) is 4.26. The van der Waals surface area contributed by atoms with Gasteiger partial charge in [0.15, 0.2) is 11.5 Å². The highest BCUT2D eigenvalue weighted by Gasteiger charge is 2.28. The van der Waals surface area contributed by atoms with E-state index in [1.807, 2.05) is 34.9 Å². The molecule has 1 saturated heterocycles. The quantitative estimate of drug-likeness (QED) is 0.780. The average molecular weight is 368 g/mol. The predicted molar refractivity (Wildman–Crippen MR) is 101 cm³/mol. The molecule has 0 bridgehead atoms. The number of anilines is 1. The Bertz CT molecular complexity index is 876. The molecule has 0 aliphatic carbocycles. The lowest BCUT2D eigenvalue weighted by atomic mass is 10.1. The van der Waals surface area contributed by atoms with Gasteiger partial charge in [-0.1, -0.05) is 23.7 Å². The fourth-order valence-electron chi connectivity index (χ4n) is 2.99. The van der Waals surface area contributed by atoms with Gasteiger partial charge < -0.3 is 9.80 Å². The van der Waals surface area contributed by atoms with E-state index in [2.05, 4.69) is 16.0 Å². The van der Waals surface area contributed by atoms with E-state index in [0.29, 0.717) is 36.2 Å². The van der Waals surface area contributed by atoms with Gasteiger partial charge in [0, 0.05) is 49.2 Å². The Balaban J connectivity index is 1.67. The fraction of sp³-hybridized carbons (Fsp3) is 0.263. The Morgan fingerprint density at radius 1 is 1.35 bits per heavy atom. The van der Waals surface area contributed by atoms with Crippen LogP contribution < -0.4 is 4.90 Å². The van der Waals surface area contributed by atoms with Crippen LogP contribution in [0, 0.1) is 11.3 Å². The van der Waals surface area contributed by atoms with Gasteiger partial charge in [-0.25, -0.2) is 9.97 Å². The van der Waals surface area contributed by atoms with Crippen molar-refractivity contribution >= 4 is 29.4 Å². The standard InChI is InChI=1S/C19H18ClN5O/c1-14-13-24(19-17(12-21)22-7-8-23-19)9-10-25(14)18(26)6-5-15-3-2-4-16(20)11-15/h2-8,11,14H,9-10,13H2,1H3/b6-5+/t14-/m1/s1. The molecule has 0 radical (unpaired) electrons. The Morgan fingerprint density at radius 2 is 2.15 bits per heavy atom. The minimum atomic E-state index is -0.0446. The zero-order chi connectivity index (χ0) is 18.5. The molecule has 132 valence electrons. The van der Waals surface area contributed by atoms with Crippen LogP contribution in [0.5, 0.6) is 0 Å². The molecule has 1 amide bonds. The van der Waals surface area contributed by atoms with Crippen LogP contribution in [0.1, 0.15) is 18.2 Å². The highest BCUT2D eigenvalue weighted by atomic mass is 35.5. The van der Waals surface area contributed by atoms with Crippen molar-refractivity contribution in [3.05, 3.63) is 59.0 Å². The summed E-state index contributed by atoms with van der Waals surface area (Å²) in [5.41, 5.74) is 1.19. The summed E-state index contributed by atoms with van der Waals surface area (Å²) in [6, 6.07) is 9.41. The number of aromatic nitrogens is 2. The van der Waals surface area contributed by atoms with Gasteiger partial charge in [0.25, 0.3) is 0 Å². The molecule has 0 saturated carbocycles. The van der Waals surface area contributed by atoms with Crippen molar-refractivity contribution in [2.75, 3.05) is 24.5 Å². The summed E-state index contributed by atoms with van der Waals surface area (Å²) in [6.45, 7) is 3.75. The van der Waals surface area contributed by atoms with Gasteiger partial charge in [-0.3, -0.25) is 4.79 Å². The predicted octanol–water partition coefficient (Wildman–Crippen LogP) is 2.75. The molecule has 0 unspecified atom stereocenters. The molecule has 1 aromatic heterocycles. The Labute approximate surface area is 157 Å². The molecular formula is C19H18ClN5O.